The molecule has 1 N–H and O–H groups in total. The van der Waals surface area contributed by atoms with Gasteiger partial charge in [0.05, 0.1) is 6.61 Å². The van der Waals surface area contributed by atoms with Gasteiger partial charge in [-0.05, 0) is 105 Å². The number of ether oxygens (including phenoxy) is 4. The standard InChI is InChI=1S/C19H21Cl2NO2.C11H14ClNO.C8H8BrClO/c1-19(24-17-7-5-15(20)6-8-17)9-10-22(14-19)11-12-23-18-4-2-3-16(21)13-18;1-11(6-7-13-8-11)14-10-4-2-9(12)3-5-10;9-4-5-11-8-3-1-2-7(10)6-8/h2-8,13H,9-12,14H2,1H3;2-5,13H,6-8H2,1H3;1-3,6H,4-5H2. The van der Waals surface area contributed by atoms with Crippen LogP contribution in [-0.2, 0) is 0 Å². The number of rotatable bonds is 11. The summed E-state index contributed by atoms with van der Waals surface area (Å²) >= 11 is 26.7. The van der Waals surface area contributed by atoms with E-state index in [-0.39, 0.29) is 11.2 Å². The van der Waals surface area contributed by atoms with Crippen LogP contribution in [0.3, 0.4) is 0 Å². The van der Waals surface area contributed by atoms with E-state index in [1.807, 2.05) is 91.0 Å². The average molecular weight is 813 g/mol. The van der Waals surface area contributed by atoms with E-state index >= 15 is 0 Å². The van der Waals surface area contributed by atoms with E-state index in [9.17, 15) is 0 Å². The van der Waals surface area contributed by atoms with Crippen LogP contribution in [0.25, 0.3) is 0 Å². The maximum absolute atomic E-state index is 6.17. The third-order valence-corrected chi connectivity index (χ3v) is 9.11. The van der Waals surface area contributed by atoms with Crippen LogP contribution in [0.2, 0.25) is 20.1 Å². The Morgan fingerprint density at radius 2 is 1.18 bits per heavy atom. The molecule has 11 heteroatoms. The molecule has 6 nitrogen and oxygen atoms in total. The van der Waals surface area contributed by atoms with Crippen molar-refractivity contribution in [3.8, 4) is 23.0 Å². The first-order chi connectivity index (χ1) is 23.5. The minimum Gasteiger partial charge on any atom is -0.493 e. The predicted octanol–water partition coefficient (Wildman–Crippen LogP) is 10.5. The van der Waals surface area contributed by atoms with Gasteiger partial charge in [-0.15, -0.1) is 0 Å². The first kappa shape index (κ1) is 39.4. The molecule has 2 aliphatic heterocycles. The molecule has 2 atom stereocenters. The summed E-state index contributed by atoms with van der Waals surface area (Å²) < 4.78 is 23.1. The van der Waals surface area contributed by atoms with Crippen molar-refractivity contribution in [3.05, 3.63) is 117 Å². The van der Waals surface area contributed by atoms with Crippen molar-refractivity contribution in [2.75, 3.05) is 51.3 Å². The molecule has 2 aliphatic rings. The molecule has 0 aromatic heterocycles. The van der Waals surface area contributed by atoms with Crippen molar-refractivity contribution >= 4 is 62.3 Å². The molecular weight excluding hydrogens is 770 g/mol. The van der Waals surface area contributed by atoms with E-state index in [0.29, 0.717) is 23.3 Å². The van der Waals surface area contributed by atoms with Gasteiger partial charge in [0.2, 0.25) is 0 Å². The van der Waals surface area contributed by atoms with E-state index in [0.717, 1.165) is 83.9 Å². The smallest absolute Gasteiger partial charge is 0.120 e. The molecule has 0 aliphatic carbocycles. The number of halogens is 5. The molecular formula is C38H43BrCl4N2O4. The molecule has 4 aromatic rings. The van der Waals surface area contributed by atoms with Crippen molar-refractivity contribution in [2.24, 2.45) is 0 Å². The van der Waals surface area contributed by atoms with Crippen LogP contribution in [0.4, 0.5) is 0 Å². The fourth-order valence-electron chi connectivity index (χ4n) is 5.32. The highest BCUT2D eigenvalue weighted by molar-refractivity contribution is 9.09. The summed E-state index contributed by atoms with van der Waals surface area (Å²) in [6.07, 6.45) is 2.04. The van der Waals surface area contributed by atoms with Crippen molar-refractivity contribution in [3.63, 3.8) is 0 Å². The summed E-state index contributed by atoms with van der Waals surface area (Å²) in [6.45, 7) is 10.3. The molecule has 2 fully saturated rings. The Kier molecular flexibility index (Phi) is 16.0. The SMILES string of the molecule is CC1(Oc2ccc(Cl)cc2)CCN(CCOc2cccc(Cl)c2)C1.CC1(Oc2ccc(Cl)cc2)CCNC1.Clc1cccc(OCCBr)c1. The van der Waals surface area contributed by atoms with Crippen LogP contribution in [0, 0.1) is 0 Å². The van der Waals surface area contributed by atoms with Gasteiger partial charge < -0.3 is 24.3 Å². The zero-order valence-electron chi connectivity index (χ0n) is 27.8. The van der Waals surface area contributed by atoms with Gasteiger partial charge in [-0.3, -0.25) is 4.90 Å². The van der Waals surface area contributed by atoms with Crippen molar-refractivity contribution in [1.82, 2.24) is 10.2 Å². The van der Waals surface area contributed by atoms with Crippen molar-refractivity contribution in [2.45, 2.75) is 37.9 Å². The molecule has 0 spiro atoms. The van der Waals surface area contributed by atoms with Crippen molar-refractivity contribution in [1.29, 1.82) is 0 Å². The highest BCUT2D eigenvalue weighted by atomic mass is 79.9. The van der Waals surface area contributed by atoms with Gasteiger partial charge in [0.15, 0.2) is 0 Å². The summed E-state index contributed by atoms with van der Waals surface area (Å²) in [5.41, 5.74) is -0.238. The Hall–Kier alpha value is -2.36. The largest absolute Gasteiger partial charge is 0.493 e. The Morgan fingerprint density at radius 1 is 0.653 bits per heavy atom. The van der Waals surface area contributed by atoms with Crippen LogP contribution in [-0.4, -0.2) is 67.4 Å². The number of hydrogen-bond acceptors (Lipinski definition) is 6. The second kappa shape index (κ2) is 19.9. The molecule has 0 amide bonds. The molecule has 2 heterocycles. The van der Waals surface area contributed by atoms with E-state index in [1.165, 1.54) is 0 Å². The maximum Gasteiger partial charge on any atom is 0.120 e. The van der Waals surface area contributed by atoms with Crippen molar-refractivity contribution < 1.29 is 18.9 Å². The lowest BCUT2D eigenvalue weighted by Gasteiger charge is -2.26. The van der Waals surface area contributed by atoms with Crippen LogP contribution < -0.4 is 24.3 Å². The molecule has 2 unspecified atom stereocenters. The summed E-state index contributed by atoms with van der Waals surface area (Å²) in [7, 11) is 0. The highest BCUT2D eigenvalue weighted by Crippen LogP contribution is 2.29. The summed E-state index contributed by atoms with van der Waals surface area (Å²) in [5.74, 6) is 3.37. The maximum atomic E-state index is 6.17. The van der Waals surface area contributed by atoms with Crippen LogP contribution in [0.5, 0.6) is 23.0 Å². The number of nitrogens with one attached hydrogen (secondary N) is 1. The third kappa shape index (κ3) is 14.4. The summed E-state index contributed by atoms with van der Waals surface area (Å²) in [5, 5.41) is 6.99. The number of nitrogens with zero attached hydrogens (tertiary/aromatic N) is 1. The summed E-state index contributed by atoms with van der Waals surface area (Å²) in [4.78, 5) is 2.36. The minimum atomic E-state index is -0.177. The summed E-state index contributed by atoms with van der Waals surface area (Å²) in [6, 6.07) is 29.9. The first-order valence-electron chi connectivity index (χ1n) is 16.2. The zero-order valence-corrected chi connectivity index (χ0v) is 32.4. The Bertz CT molecular complexity index is 1560. The van der Waals surface area contributed by atoms with E-state index in [1.54, 1.807) is 6.07 Å². The van der Waals surface area contributed by atoms with Gasteiger partial charge in [-0.1, -0.05) is 74.5 Å². The number of hydrogen-bond donors (Lipinski definition) is 1. The Balaban J connectivity index is 0.000000183. The number of benzene rings is 4. The van der Waals surface area contributed by atoms with Gasteiger partial charge in [0, 0.05) is 64.4 Å². The molecule has 49 heavy (non-hydrogen) atoms. The molecule has 2 saturated heterocycles. The minimum absolute atomic E-state index is 0.0617. The van der Waals surface area contributed by atoms with E-state index in [4.69, 9.17) is 65.4 Å². The quantitative estimate of drug-likeness (QED) is 0.152. The Morgan fingerprint density at radius 3 is 1.67 bits per heavy atom. The lowest BCUT2D eigenvalue weighted by atomic mass is 10.1. The van der Waals surface area contributed by atoms with E-state index in [2.05, 4.69) is 40.0 Å². The van der Waals surface area contributed by atoms with Crippen LogP contribution in [0.15, 0.2) is 97.1 Å². The molecule has 0 radical (unpaired) electrons. The molecule has 264 valence electrons. The lowest BCUT2D eigenvalue weighted by Crippen LogP contribution is -2.37. The van der Waals surface area contributed by atoms with Crippen LogP contribution >= 0.6 is 62.3 Å². The topological polar surface area (TPSA) is 52.2 Å². The van der Waals surface area contributed by atoms with Gasteiger partial charge in [0.1, 0.15) is 40.8 Å². The molecule has 0 bridgehead atoms. The fraction of sp³-hybridized carbons (Fsp3) is 0.368. The van der Waals surface area contributed by atoms with Gasteiger partial charge in [-0.25, -0.2) is 0 Å². The molecule has 4 aromatic carbocycles. The second-order valence-corrected chi connectivity index (χ2v) is 14.8. The number of alkyl halides is 1. The first-order valence-corrected chi connectivity index (χ1v) is 18.8. The Labute approximate surface area is 319 Å². The third-order valence-electron chi connectivity index (χ3n) is 7.81. The average Bonchev–Trinajstić information content (AvgIpc) is 3.68. The fourth-order valence-corrected chi connectivity index (χ4v) is 6.09. The van der Waals surface area contributed by atoms with Crippen LogP contribution in [0.1, 0.15) is 26.7 Å². The van der Waals surface area contributed by atoms with Gasteiger partial charge in [0.25, 0.3) is 0 Å². The van der Waals surface area contributed by atoms with E-state index < -0.39 is 0 Å². The zero-order chi connectivity index (χ0) is 35.1. The van der Waals surface area contributed by atoms with Gasteiger partial charge in [-0.2, -0.15) is 0 Å². The normalized spacial score (nSPS) is 20.0. The predicted molar refractivity (Wildman–Crippen MR) is 207 cm³/mol. The monoisotopic (exact) mass is 810 g/mol. The second-order valence-electron chi connectivity index (χ2n) is 12.3. The highest BCUT2D eigenvalue weighted by Gasteiger charge is 2.35. The molecule has 0 saturated carbocycles. The number of likely N-dealkylation sites (tertiary alicyclic amines) is 1. The van der Waals surface area contributed by atoms with Gasteiger partial charge >= 0.3 is 0 Å². The molecule has 6 rings (SSSR count). The lowest BCUT2D eigenvalue weighted by molar-refractivity contribution is 0.0935.